The summed E-state index contributed by atoms with van der Waals surface area (Å²) in [5.41, 5.74) is 3.40. The molecule has 2 amide bonds. The molecule has 25 heavy (non-hydrogen) atoms. The molecule has 0 bridgehead atoms. The number of nitrogens with one attached hydrogen (secondary N) is 3. The second kappa shape index (κ2) is 6.55. The zero-order chi connectivity index (χ0) is 18.1. The Bertz CT molecular complexity index is 846. The van der Waals surface area contributed by atoms with E-state index in [1.165, 1.54) is 6.92 Å². The van der Waals surface area contributed by atoms with Crippen LogP contribution in [0.1, 0.15) is 62.2 Å². The van der Waals surface area contributed by atoms with Crippen molar-refractivity contribution < 1.29 is 14.4 Å². The van der Waals surface area contributed by atoms with Crippen LogP contribution in [0.5, 0.6) is 0 Å². The molecule has 6 nitrogen and oxygen atoms in total. The van der Waals surface area contributed by atoms with E-state index in [-0.39, 0.29) is 17.6 Å². The molecule has 0 spiro atoms. The first-order valence-corrected chi connectivity index (χ1v) is 8.29. The number of anilines is 1. The standard InChI is InChI=1S/C19H21N3O3/c1-10-16(12(3)23)11(2)20-17(10)19(25)22-14-6-4-13(5-7-14)18(24)21-15-8-9-15/h4-7,15,20H,8-9H2,1-3H3,(H,21,24)(H,22,25). The lowest BCUT2D eigenvalue weighted by Crippen LogP contribution is -2.25. The molecule has 1 heterocycles. The van der Waals surface area contributed by atoms with Gasteiger partial charge in [-0.15, -0.1) is 0 Å². The number of hydrogen-bond acceptors (Lipinski definition) is 3. The number of carbonyl (C=O) groups excluding carboxylic acids is 3. The molecule has 3 rings (SSSR count). The van der Waals surface area contributed by atoms with Gasteiger partial charge in [-0.3, -0.25) is 14.4 Å². The third-order valence-corrected chi connectivity index (χ3v) is 4.33. The molecule has 130 valence electrons. The van der Waals surface area contributed by atoms with Crippen LogP contribution in [0.2, 0.25) is 0 Å². The van der Waals surface area contributed by atoms with Gasteiger partial charge in [-0.2, -0.15) is 0 Å². The smallest absolute Gasteiger partial charge is 0.272 e. The van der Waals surface area contributed by atoms with Crippen molar-refractivity contribution in [1.82, 2.24) is 10.3 Å². The third-order valence-electron chi connectivity index (χ3n) is 4.33. The number of aryl methyl sites for hydroxylation is 1. The largest absolute Gasteiger partial charge is 0.354 e. The second-order valence-electron chi connectivity index (χ2n) is 6.46. The van der Waals surface area contributed by atoms with E-state index in [9.17, 15) is 14.4 Å². The average Bonchev–Trinajstić information content (AvgIpc) is 3.31. The fraction of sp³-hybridized carbons (Fsp3) is 0.316. The summed E-state index contributed by atoms with van der Waals surface area (Å²) in [6.45, 7) is 5.00. The number of benzene rings is 1. The van der Waals surface area contributed by atoms with Crippen LogP contribution in [0.25, 0.3) is 0 Å². The van der Waals surface area contributed by atoms with E-state index >= 15 is 0 Å². The fourth-order valence-electron chi connectivity index (χ4n) is 2.90. The highest BCUT2D eigenvalue weighted by atomic mass is 16.2. The van der Waals surface area contributed by atoms with Gasteiger partial charge in [0.15, 0.2) is 5.78 Å². The molecule has 1 fully saturated rings. The number of ketones is 1. The number of aromatic nitrogens is 1. The molecule has 2 aromatic rings. The Morgan fingerprint density at radius 2 is 1.68 bits per heavy atom. The van der Waals surface area contributed by atoms with Crippen LogP contribution >= 0.6 is 0 Å². The predicted octanol–water partition coefficient (Wildman–Crippen LogP) is 2.98. The van der Waals surface area contributed by atoms with Crippen LogP contribution in [0.4, 0.5) is 5.69 Å². The number of H-pyrrole nitrogens is 1. The maximum Gasteiger partial charge on any atom is 0.272 e. The molecule has 0 aliphatic heterocycles. The molecule has 3 N–H and O–H groups in total. The Morgan fingerprint density at radius 3 is 2.20 bits per heavy atom. The van der Waals surface area contributed by atoms with Crippen LogP contribution in [0, 0.1) is 13.8 Å². The van der Waals surface area contributed by atoms with E-state index in [2.05, 4.69) is 15.6 Å². The van der Waals surface area contributed by atoms with Gasteiger partial charge in [-0.25, -0.2) is 0 Å². The quantitative estimate of drug-likeness (QED) is 0.731. The van der Waals surface area contributed by atoms with E-state index in [1.54, 1.807) is 38.1 Å². The maximum atomic E-state index is 12.5. The van der Waals surface area contributed by atoms with E-state index in [4.69, 9.17) is 0 Å². The minimum atomic E-state index is -0.316. The van der Waals surface area contributed by atoms with Gasteiger partial charge < -0.3 is 15.6 Å². The zero-order valence-corrected chi connectivity index (χ0v) is 14.5. The second-order valence-corrected chi connectivity index (χ2v) is 6.46. The highest BCUT2D eigenvalue weighted by Gasteiger charge is 2.24. The Hall–Kier alpha value is -2.89. The SMILES string of the molecule is CC(=O)c1c(C)[nH]c(C(=O)Nc2ccc(C(=O)NC3CC3)cc2)c1C. The van der Waals surface area contributed by atoms with Gasteiger partial charge in [-0.1, -0.05) is 0 Å². The summed E-state index contributed by atoms with van der Waals surface area (Å²) in [5.74, 6) is -0.484. The van der Waals surface area contributed by atoms with Crippen LogP contribution < -0.4 is 10.6 Å². The lowest BCUT2D eigenvalue weighted by molar-refractivity contribution is 0.0949. The minimum absolute atomic E-state index is 0.0728. The molecule has 0 unspecified atom stereocenters. The summed E-state index contributed by atoms with van der Waals surface area (Å²) in [4.78, 5) is 39.1. The van der Waals surface area contributed by atoms with Gasteiger partial charge in [0.2, 0.25) is 0 Å². The lowest BCUT2D eigenvalue weighted by atomic mass is 10.1. The highest BCUT2D eigenvalue weighted by molar-refractivity contribution is 6.07. The van der Waals surface area contributed by atoms with Crippen LogP contribution in [-0.2, 0) is 0 Å². The summed E-state index contributed by atoms with van der Waals surface area (Å²) in [7, 11) is 0. The summed E-state index contributed by atoms with van der Waals surface area (Å²) in [5, 5.41) is 5.70. The van der Waals surface area contributed by atoms with Crippen LogP contribution in [0.3, 0.4) is 0 Å². The molecule has 0 atom stereocenters. The maximum absolute atomic E-state index is 12.5. The molecular formula is C19H21N3O3. The molecule has 6 heteroatoms. The zero-order valence-electron chi connectivity index (χ0n) is 14.5. The third kappa shape index (κ3) is 3.63. The van der Waals surface area contributed by atoms with E-state index < -0.39 is 0 Å². The predicted molar refractivity (Wildman–Crippen MR) is 95.2 cm³/mol. The number of rotatable bonds is 5. The van der Waals surface area contributed by atoms with Gasteiger partial charge in [0.05, 0.1) is 0 Å². The number of hydrogen-bond donors (Lipinski definition) is 3. The van der Waals surface area contributed by atoms with Gasteiger partial charge in [0, 0.05) is 28.6 Å². The summed E-state index contributed by atoms with van der Waals surface area (Å²) < 4.78 is 0. The van der Waals surface area contributed by atoms with Crippen LogP contribution in [-0.4, -0.2) is 28.6 Å². The summed E-state index contributed by atoms with van der Waals surface area (Å²) in [6, 6.07) is 7.05. The molecule has 1 aliphatic carbocycles. The molecule has 0 saturated heterocycles. The Morgan fingerprint density at radius 1 is 1.04 bits per heavy atom. The highest BCUT2D eigenvalue weighted by Crippen LogP contribution is 2.21. The Kier molecular flexibility index (Phi) is 4.44. The van der Waals surface area contributed by atoms with Crippen molar-refractivity contribution in [2.24, 2.45) is 0 Å². The fourth-order valence-corrected chi connectivity index (χ4v) is 2.90. The van der Waals surface area contributed by atoms with Crippen molar-refractivity contribution in [2.75, 3.05) is 5.32 Å². The topological polar surface area (TPSA) is 91.1 Å². The van der Waals surface area contributed by atoms with Gasteiger partial charge >= 0.3 is 0 Å². The molecular weight excluding hydrogens is 318 g/mol. The van der Waals surface area contributed by atoms with E-state index in [0.717, 1.165) is 12.8 Å². The Labute approximate surface area is 146 Å². The summed E-state index contributed by atoms with van der Waals surface area (Å²) in [6.07, 6.45) is 2.08. The molecule has 1 aromatic carbocycles. The molecule has 0 radical (unpaired) electrons. The van der Waals surface area contributed by atoms with Crippen molar-refractivity contribution in [3.8, 4) is 0 Å². The van der Waals surface area contributed by atoms with E-state index in [0.29, 0.717) is 39.8 Å². The molecule has 1 aliphatic rings. The minimum Gasteiger partial charge on any atom is -0.354 e. The van der Waals surface area contributed by atoms with Crippen molar-refractivity contribution >= 4 is 23.3 Å². The first-order valence-electron chi connectivity index (χ1n) is 8.29. The number of carbonyl (C=O) groups is 3. The summed E-state index contributed by atoms with van der Waals surface area (Å²) >= 11 is 0. The first kappa shape index (κ1) is 17.0. The lowest BCUT2D eigenvalue weighted by Gasteiger charge is -2.07. The Balaban J connectivity index is 1.71. The van der Waals surface area contributed by atoms with Gasteiger partial charge in [0.1, 0.15) is 5.69 Å². The monoisotopic (exact) mass is 339 g/mol. The van der Waals surface area contributed by atoms with E-state index in [1.807, 2.05) is 0 Å². The van der Waals surface area contributed by atoms with Crippen molar-refractivity contribution in [1.29, 1.82) is 0 Å². The van der Waals surface area contributed by atoms with Crippen LogP contribution in [0.15, 0.2) is 24.3 Å². The van der Waals surface area contributed by atoms with Crippen molar-refractivity contribution in [2.45, 2.75) is 39.7 Å². The number of Topliss-reactive ketones (excluding diaryl/α,β-unsaturated/α-hetero) is 1. The number of amides is 2. The average molecular weight is 339 g/mol. The van der Waals surface area contributed by atoms with Gasteiger partial charge in [-0.05, 0) is 63.4 Å². The number of aromatic amines is 1. The normalized spacial score (nSPS) is 13.4. The van der Waals surface area contributed by atoms with Crippen molar-refractivity contribution in [3.63, 3.8) is 0 Å². The van der Waals surface area contributed by atoms with Crippen molar-refractivity contribution in [3.05, 3.63) is 52.3 Å². The molecule has 1 aromatic heterocycles. The van der Waals surface area contributed by atoms with Gasteiger partial charge in [0.25, 0.3) is 11.8 Å². The first-order chi connectivity index (χ1) is 11.9. The molecule has 1 saturated carbocycles.